The van der Waals surface area contributed by atoms with E-state index in [4.69, 9.17) is 0 Å². The molecule has 1 aliphatic heterocycles. The van der Waals surface area contributed by atoms with Gasteiger partial charge in [0.2, 0.25) is 5.91 Å². The van der Waals surface area contributed by atoms with E-state index >= 15 is 0 Å². The molecular weight excluding hydrogens is 258 g/mol. The fourth-order valence-corrected chi connectivity index (χ4v) is 2.36. The minimum Gasteiger partial charge on any atom is -0.465 e. The number of rotatable bonds is 1. The molecule has 1 unspecified atom stereocenters. The molecule has 20 heavy (non-hydrogen) atoms. The zero-order valence-electron chi connectivity index (χ0n) is 11.8. The highest BCUT2D eigenvalue weighted by Crippen LogP contribution is 2.26. The van der Waals surface area contributed by atoms with Crippen molar-refractivity contribution in [3.8, 4) is 0 Å². The summed E-state index contributed by atoms with van der Waals surface area (Å²) in [5.74, 6) is -0.320. The van der Waals surface area contributed by atoms with Crippen molar-refractivity contribution in [3.63, 3.8) is 0 Å². The van der Waals surface area contributed by atoms with Gasteiger partial charge in [0, 0.05) is 12.1 Å². The lowest BCUT2D eigenvalue weighted by atomic mass is 10.0. The van der Waals surface area contributed by atoms with Crippen molar-refractivity contribution in [2.75, 3.05) is 17.2 Å². The zero-order valence-corrected chi connectivity index (χ0v) is 11.8. The molecule has 0 radical (unpaired) electrons. The number of nitrogens with one attached hydrogen (secondary N) is 2. The number of carboxylic acid groups (broad SMARTS) is 1. The fraction of sp³-hybridized carbons (Fsp3) is 0.429. The molecule has 2 amide bonds. The number of benzene rings is 1. The first-order valence-corrected chi connectivity index (χ1v) is 6.47. The number of fused-ring (bicyclic) bond motifs is 1. The lowest BCUT2D eigenvalue weighted by Gasteiger charge is -2.38. The van der Waals surface area contributed by atoms with E-state index in [2.05, 4.69) is 10.6 Å². The Hall–Kier alpha value is -2.24. The lowest BCUT2D eigenvalue weighted by molar-refractivity contribution is -0.121. The van der Waals surface area contributed by atoms with Gasteiger partial charge in [0.1, 0.15) is 6.04 Å². The molecule has 0 aromatic heterocycles. The number of para-hydroxylation sites is 2. The third-order valence-corrected chi connectivity index (χ3v) is 3.21. The molecule has 3 N–H and O–H groups in total. The molecule has 108 valence electrons. The first-order valence-electron chi connectivity index (χ1n) is 6.47. The Morgan fingerprint density at radius 1 is 1.30 bits per heavy atom. The molecule has 0 spiro atoms. The van der Waals surface area contributed by atoms with Crippen molar-refractivity contribution >= 4 is 23.4 Å². The molecule has 1 aliphatic rings. The average Bonchev–Trinajstić information content (AvgIpc) is 2.47. The van der Waals surface area contributed by atoms with E-state index in [0.29, 0.717) is 5.69 Å². The summed E-state index contributed by atoms with van der Waals surface area (Å²) in [5.41, 5.74) is 0.799. The summed E-state index contributed by atoms with van der Waals surface area (Å²) in [6.07, 6.45) is -1.11. The Labute approximate surface area is 117 Å². The minimum atomic E-state index is -1.11. The van der Waals surface area contributed by atoms with Crippen molar-refractivity contribution in [2.24, 2.45) is 0 Å². The summed E-state index contributed by atoms with van der Waals surface area (Å²) in [5, 5.41) is 15.3. The normalized spacial score (nSPS) is 18.4. The number of carbonyl (C=O) groups excluding carboxylic acids is 1. The first kappa shape index (κ1) is 14.2. The summed E-state index contributed by atoms with van der Waals surface area (Å²) in [4.78, 5) is 25.0. The Balaban J connectivity index is 2.31. The van der Waals surface area contributed by atoms with E-state index in [1.807, 2.05) is 18.2 Å². The van der Waals surface area contributed by atoms with Crippen LogP contribution in [0.1, 0.15) is 20.8 Å². The summed E-state index contributed by atoms with van der Waals surface area (Å²) >= 11 is 0. The van der Waals surface area contributed by atoms with Gasteiger partial charge in [-0.2, -0.15) is 0 Å². The monoisotopic (exact) mass is 277 g/mol. The number of carbonyl (C=O) groups is 2. The van der Waals surface area contributed by atoms with Gasteiger partial charge in [0.05, 0.1) is 11.4 Å². The SMILES string of the molecule is CC(C)(C)N(C(=O)O)C1CNc2ccccc2NC1=O. The Bertz CT molecular complexity index is 537. The van der Waals surface area contributed by atoms with Crippen LogP contribution in [0, 0.1) is 0 Å². The van der Waals surface area contributed by atoms with Crippen LogP contribution in [-0.2, 0) is 4.79 Å². The quantitative estimate of drug-likeness (QED) is 0.735. The van der Waals surface area contributed by atoms with E-state index in [9.17, 15) is 14.7 Å². The van der Waals surface area contributed by atoms with Crippen molar-refractivity contribution in [2.45, 2.75) is 32.4 Å². The van der Waals surface area contributed by atoms with Crippen LogP contribution in [0.25, 0.3) is 0 Å². The Morgan fingerprint density at radius 2 is 1.90 bits per heavy atom. The van der Waals surface area contributed by atoms with Crippen LogP contribution in [0.15, 0.2) is 24.3 Å². The van der Waals surface area contributed by atoms with Gasteiger partial charge >= 0.3 is 6.09 Å². The molecule has 2 rings (SSSR count). The van der Waals surface area contributed by atoms with Gasteiger partial charge in [-0.1, -0.05) is 12.1 Å². The largest absolute Gasteiger partial charge is 0.465 e. The predicted octanol–water partition coefficient (Wildman–Crippen LogP) is 2.20. The highest BCUT2D eigenvalue weighted by Gasteiger charge is 2.38. The summed E-state index contributed by atoms with van der Waals surface area (Å²) < 4.78 is 0. The van der Waals surface area contributed by atoms with E-state index in [1.54, 1.807) is 26.8 Å². The van der Waals surface area contributed by atoms with Crippen molar-refractivity contribution in [1.29, 1.82) is 0 Å². The van der Waals surface area contributed by atoms with Crippen LogP contribution in [-0.4, -0.2) is 40.1 Å². The second-order valence-corrected chi connectivity index (χ2v) is 5.75. The van der Waals surface area contributed by atoms with E-state index < -0.39 is 17.7 Å². The van der Waals surface area contributed by atoms with Crippen LogP contribution in [0.3, 0.4) is 0 Å². The highest BCUT2D eigenvalue weighted by molar-refractivity contribution is 6.00. The van der Waals surface area contributed by atoms with Gasteiger partial charge in [-0.3, -0.25) is 9.69 Å². The molecule has 1 aromatic carbocycles. The van der Waals surface area contributed by atoms with E-state index in [0.717, 1.165) is 5.69 Å². The van der Waals surface area contributed by atoms with Gasteiger partial charge in [-0.25, -0.2) is 4.79 Å². The van der Waals surface area contributed by atoms with E-state index in [1.165, 1.54) is 4.90 Å². The third kappa shape index (κ3) is 2.68. The molecule has 0 fully saturated rings. The Kier molecular flexibility index (Phi) is 3.57. The third-order valence-electron chi connectivity index (χ3n) is 3.21. The maximum Gasteiger partial charge on any atom is 0.408 e. The van der Waals surface area contributed by atoms with Crippen LogP contribution in [0.2, 0.25) is 0 Å². The summed E-state index contributed by atoms with van der Waals surface area (Å²) in [6.45, 7) is 5.55. The summed E-state index contributed by atoms with van der Waals surface area (Å²) in [6, 6.07) is 6.53. The maximum absolute atomic E-state index is 12.3. The van der Waals surface area contributed by atoms with Crippen LogP contribution in [0.5, 0.6) is 0 Å². The van der Waals surface area contributed by atoms with Crippen LogP contribution in [0.4, 0.5) is 16.2 Å². The summed E-state index contributed by atoms with van der Waals surface area (Å²) in [7, 11) is 0. The second kappa shape index (κ2) is 5.03. The van der Waals surface area contributed by atoms with Crippen molar-refractivity contribution in [3.05, 3.63) is 24.3 Å². The smallest absolute Gasteiger partial charge is 0.408 e. The van der Waals surface area contributed by atoms with Crippen LogP contribution >= 0.6 is 0 Å². The molecule has 1 heterocycles. The number of amides is 2. The molecule has 0 aliphatic carbocycles. The second-order valence-electron chi connectivity index (χ2n) is 5.75. The molecule has 0 saturated carbocycles. The minimum absolute atomic E-state index is 0.242. The van der Waals surface area contributed by atoms with Gasteiger partial charge in [-0.15, -0.1) is 0 Å². The molecule has 6 heteroatoms. The predicted molar refractivity (Wildman–Crippen MR) is 77.0 cm³/mol. The van der Waals surface area contributed by atoms with Crippen LogP contribution < -0.4 is 10.6 Å². The number of nitrogens with zero attached hydrogens (tertiary/aromatic N) is 1. The first-order chi connectivity index (χ1) is 9.30. The number of hydrogen-bond acceptors (Lipinski definition) is 3. The van der Waals surface area contributed by atoms with Gasteiger partial charge in [-0.05, 0) is 32.9 Å². The highest BCUT2D eigenvalue weighted by atomic mass is 16.4. The topological polar surface area (TPSA) is 81.7 Å². The molecule has 0 saturated heterocycles. The standard InChI is InChI=1S/C14H19N3O3/c1-14(2,3)17(13(19)20)11-8-15-9-6-4-5-7-10(9)16-12(11)18/h4-7,11,15H,8H2,1-3H3,(H,16,18)(H,19,20). The van der Waals surface area contributed by atoms with Crippen molar-refractivity contribution in [1.82, 2.24) is 4.90 Å². The van der Waals surface area contributed by atoms with Gasteiger partial charge < -0.3 is 15.7 Å². The lowest BCUT2D eigenvalue weighted by Crippen LogP contribution is -2.57. The number of hydrogen-bond donors (Lipinski definition) is 3. The fourth-order valence-electron chi connectivity index (χ4n) is 2.36. The molecule has 0 bridgehead atoms. The zero-order chi connectivity index (χ0) is 14.9. The number of anilines is 2. The average molecular weight is 277 g/mol. The molecule has 1 atom stereocenters. The van der Waals surface area contributed by atoms with Gasteiger partial charge in [0.15, 0.2) is 0 Å². The molecule has 6 nitrogen and oxygen atoms in total. The maximum atomic E-state index is 12.3. The van der Waals surface area contributed by atoms with Crippen molar-refractivity contribution < 1.29 is 14.7 Å². The van der Waals surface area contributed by atoms with Gasteiger partial charge in [0.25, 0.3) is 0 Å². The Morgan fingerprint density at radius 3 is 2.45 bits per heavy atom. The molecule has 1 aromatic rings. The molecular formula is C14H19N3O3. The van der Waals surface area contributed by atoms with E-state index in [-0.39, 0.29) is 12.5 Å².